The Labute approximate surface area is 159 Å². The van der Waals surface area contributed by atoms with Gasteiger partial charge >= 0.3 is 0 Å². The third-order valence-corrected chi connectivity index (χ3v) is 5.13. The fraction of sp³-hybridized carbons (Fsp3) is 0.500. The Balaban J connectivity index is 1.53. The van der Waals surface area contributed by atoms with Crippen molar-refractivity contribution in [3.63, 3.8) is 0 Å². The molecule has 1 N–H and O–H groups in total. The van der Waals surface area contributed by atoms with Crippen LogP contribution >= 0.6 is 0 Å². The molecule has 0 radical (unpaired) electrons. The molecule has 1 aliphatic heterocycles. The van der Waals surface area contributed by atoms with E-state index >= 15 is 0 Å². The number of aromatic nitrogens is 2. The van der Waals surface area contributed by atoms with E-state index in [0.29, 0.717) is 24.0 Å². The highest BCUT2D eigenvalue weighted by atomic mass is 16.2. The lowest BCUT2D eigenvalue weighted by molar-refractivity contribution is -0.132. The molecule has 1 saturated heterocycles. The first-order valence-electron chi connectivity index (χ1n) is 9.51. The molecule has 0 atom stereocenters. The third-order valence-electron chi connectivity index (χ3n) is 5.13. The minimum atomic E-state index is -0.194. The van der Waals surface area contributed by atoms with Crippen LogP contribution in [0.15, 0.2) is 18.2 Å². The van der Waals surface area contributed by atoms with Crippen LogP contribution in [0.25, 0.3) is 11.0 Å². The number of fused-ring (bicyclic) bond motifs is 1. The molecule has 0 bridgehead atoms. The van der Waals surface area contributed by atoms with E-state index < -0.39 is 0 Å². The maximum absolute atomic E-state index is 12.4. The van der Waals surface area contributed by atoms with E-state index in [9.17, 15) is 9.59 Å². The van der Waals surface area contributed by atoms with E-state index in [4.69, 9.17) is 0 Å². The molecule has 1 aromatic heterocycles. The summed E-state index contributed by atoms with van der Waals surface area (Å²) >= 11 is 0. The van der Waals surface area contributed by atoms with E-state index in [1.165, 1.54) is 0 Å². The van der Waals surface area contributed by atoms with Crippen LogP contribution < -0.4 is 5.32 Å². The number of hydrogen-bond donors (Lipinski definition) is 1. The van der Waals surface area contributed by atoms with Gasteiger partial charge in [0.25, 0.3) is 5.91 Å². The molecule has 0 saturated carbocycles. The van der Waals surface area contributed by atoms with Crippen LogP contribution in [0.3, 0.4) is 0 Å². The molecule has 7 nitrogen and oxygen atoms in total. The number of likely N-dealkylation sites (N-methyl/N-ethyl adjacent to an activating group) is 1. The minimum Gasteiger partial charge on any atom is -0.352 e. The number of piperazine rings is 1. The van der Waals surface area contributed by atoms with Gasteiger partial charge in [-0.3, -0.25) is 9.59 Å². The van der Waals surface area contributed by atoms with E-state index in [0.717, 1.165) is 49.6 Å². The van der Waals surface area contributed by atoms with Gasteiger partial charge in [-0.25, -0.2) is 9.97 Å². The second-order valence-corrected chi connectivity index (χ2v) is 6.92. The first kappa shape index (κ1) is 19.2. The zero-order valence-corrected chi connectivity index (χ0v) is 16.3. The zero-order valence-electron chi connectivity index (χ0n) is 16.3. The van der Waals surface area contributed by atoms with Gasteiger partial charge in [-0.1, -0.05) is 6.92 Å². The molecule has 0 unspecified atom stereocenters. The Kier molecular flexibility index (Phi) is 6.01. The summed E-state index contributed by atoms with van der Waals surface area (Å²) in [6.07, 6.45) is 0.323. The molecule has 2 aromatic rings. The number of hydrogen-bond acceptors (Lipinski definition) is 5. The molecular formula is C20H27N5O2. The smallest absolute Gasteiger partial charge is 0.251 e. The number of nitrogens with one attached hydrogen (secondary N) is 1. The summed E-state index contributed by atoms with van der Waals surface area (Å²) in [5.74, 6) is -0.0953. The first-order valence-corrected chi connectivity index (χ1v) is 9.51. The number of amides is 2. The quantitative estimate of drug-likeness (QED) is 0.865. The molecule has 2 heterocycles. The van der Waals surface area contributed by atoms with Crippen molar-refractivity contribution >= 4 is 22.8 Å². The van der Waals surface area contributed by atoms with Crippen molar-refractivity contribution in [2.45, 2.75) is 27.2 Å². The molecule has 2 amide bonds. The molecule has 7 heteroatoms. The maximum Gasteiger partial charge on any atom is 0.251 e. The lowest BCUT2D eigenvalue weighted by Gasteiger charge is -2.34. The Morgan fingerprint density at radius 3 is 2.37 bits per heavy atom. The van der Waals surface area contributed by atoms with Crippen molar-refractivity contribution in [2.75, 3.05) is 39.3 Å². The zero-order chi connectivity index (χ0) is 19.4. The van der Waals surface area contributed by atoms with Gasteiger partial charge in [-0.05, 0) is 38.6 Å². The van der Waals surface area contributed by atoms with Gasteiger partial charge in [0, 0.05) is 44.7 Å². The van der Waals surface area contributed by atoms with E-state index in [2.05, 4.69) is 27.1 Å². The van der Waals surface area contributed by atoms with Crippen LogP contribution in [0.1, 0.15) is 35.1 Å². The Hall–Kier alpha value is -2.54. The van der Waals surface area contributed by atoms with Crippen molar-refractivity contribution in [1.82, 2.24) is 25.1 Å². The Morgan fingerprint density at radius 1 is 1.04 bits per heavy atom. The van der Waals surface area contributed by atoms with Crippen LogP contribution in [-0.2, 0) is 4.79 Å². The second kappa shape index (κ2) is 8.43. The second-order valence-electron chi connectivity index (χ2n) is 6.92. The minimum absolute atomic E-state index is 0.0986. The topological polar surface area (TPSA) is 78.4 Å². The van der Waals surface area contributed by atoms with Crippen molar-refractivity contribution in [1.29, 1.82) is 0 Å². The van der Waals surface area contributed by atoms with Gasteiger partial charge in [0.15, 0.2) is 0 Å². The summed E-state index contributed by atoms with van der Waals surface area (Å²) < 4.78 is 0. The average Bonchev–Trinajstić information content (AvgIpc) is 2.68. The van der Waals surface area contributed by atoms with Gasteiger partial charge in [0.1, 0.15) is 0 Å². The lowest BCUT2D eigenvalue weighted by Crippen LogP contribution is -2.49. The van der Waals surface area contributed by atoms with Crippen LogP contribution in [0.2, 0.25) is 0 Å². The van der Waals surface area contributed by atoms with Gasteiger partial charge < -0.3 is 15.1 Å². The highest BCUT2D eigenvalue weighted by Gasteiger charge is 2.20. The van der Waals surface area contributed by atoms with Crippen molar-refractivity contribution in [2.24, 2.45) is 0 Å². The largest absolute Gasteiger partial charge is 0.352 e. The van der Waals surface area contributed by atoms with Crippen molar-refractivity contribution in [3.05, 3.63) is 35.2 Å². The number of benzene rings is 1. The molecule has 0 spiro atoms. The number of carbonyl (C=O) groups excluding carboxylic acids is 2. The molecule has 1 fully saturated rings. The van der Waals surface area contributed by atoms with Crippen LogP contribution in [-0.4, -0.2) is 70.9 Å². The standard InChI is InChI=1S/C20H27N5O2/c1-4-24-9-11-25(12-10-24)19(26)7-8-21-20(27)16-5-6-17-18(13-16)23-15(3)14(2)22-17/h5-6,13H,4,7-12H2,1-3H3,(H,21,27). The fourth-order valence-corrected chi connectivity index (χ4v) is 3.23. The molecule has 1 aromatic carbocycles. The van der Waals surface area contributed by atoms with Gasteiger partial charge in [-0.2, -0.15) is 0 Å². The van der Waals surface area contributed by atoms with E-state index in [1.807, 2.05) is 24.8 Å². The van der Waals surface area contributed by atoms with Crippen LogP contribution in [0.5, 0.6) is 0 Å². The number of rotatable bonds is 5. The Morgan fingerprint density at radius 2 is 1.70 bits per heavy atom. The molecule has 27 heavy (non-hydrogen) atoms. The van der Waals surface area contributed by atoms with Gasteiger partial charge in [0.2, 0.25) is 5.91 Å². The Bertz CT molecular complexity index is 844. The van der Waals surface area contributed by atoms with Crippen LogP contribution in [0, 0.1) is 13.8 Å². The predicted molar refractivity (Wildman–Crippen MR) is 105 cm³/mol. The molecule has 3 rings (SSSR count). The normalized spacial score (nSPS) is 15.1. The first-order chi connectivity index (χ1) is 13.0. The number of nitrogens with zero attached hydrogens (tertiary/aromatic N) is 4. The molecule has 1 aliphatic rings. The molecule has 144 valence electrons. The van der Waals surface area contributed by atoms with Crippen molar-refractivity contribution < 1.29 is 9.59 Å². The maximum atomic E-state index is 12.4. The number of aryl methyl sites for hydroxylation is 2. The third kappa shape index (κ3) is 4.60. The highest BCUT2D eigenvalue weighted by Crippen LogP contribution is 2.14. The van der Waals surface area contributed by atoms with Gasteiger partial charge in [0.05, 0.1) is 22.4 Å². The summed E-state index contributed by atoms with van der Waals surface area (Å²) in [6, 6.07) is 5.30. The predicted octanol–water partition coefficient (Wildman–Crippen LogP) is 1.53. The molecule has 0 aliphatic carbocycles. The average molecular weight is 369 g/mol. The van der Waals surface area contributed by atoms with E-state index in [-0.39, 0.29) is 11.8 Å². The fourth-order valence-electron chi connectivity index (χ4n) is 3.23. The lowest BCUT2D eigenvalue weighted by atomic mass is 10.1. The summed E-state index contributed by atoms with van der Waals surface area (Å²) in [5.41, 5.74) is 3.75. The van der Waals surface area contributed by atoms with Crippen molar-refractivity contribution in [3.8, 4) is 0 Å². The summed E-state index contributed by atoms with van der Waals surface area (Å²) in [6.45, 7) is 10.7. The summed E-state index contributed by atoms with van der Waals surface area (Å²) in [4.78, 5) is 37.9. The SMILES string of the molecule is CCN1CCN(C(=O)CCNC(=O)c2ccc3nc(C)c(C)nc3c2)CC1. The molecular weight excluding hydrogens is 342 g/mol. The van der Waals surface area contributed by atoms with E-state index in [1.54, 1.807) is 12.1 Å². The van der Waals surface area contributed by atoms with Crippen LogP contribution in [0.4, 0.5) is 0 Å². The monoisotopic (exact) mass is 369 g/mol. The summed E-state index contributed by atoms with van der Waals surface area (Å²) in [5, 5.41) is 2.83. The highest BCUT2D eigenvalue weighted by molar-refractivity contribution is 5.97. The van der Waals surface area contributed by atoms with Gasteiger partial charge in [-0.15, -0.1) is 0 Å². The number of carbonyl (C=O) groups is 2. The summed E-state index contributed by atoms with van der Waals surface area (Å²) in [7, 11) is 0.